The normalized spacial score (nSPS) is 24.3. The molecule has 0 bridgehead atoms. The van der Waals surface area contributed by atoms with E-state index >= 15 is 0 Å². The van der Waals surface area contributed by atoms with Gasteiger partial charge in [0.05, 0.1) is 12.2 Å². The molecule has 1 rings (SSSR count). The van der Waals surface area contributed by atoms with E-state index in [1.54, 1.807) is 6.08 Å². The molecule has 14 heavy (non-hydrogen) atoms. The van der Waals surface area contributed by atoms with Crippen molar-refractivity contribution in [2.45, 2.75) is 13.2 Å². The van der Waals surface area contributed by atoms with Crippen LogP contribution < -0.4 is 0 Å². The van der Waals surface area contributed by atoms with Crippen LogP contribution in [0.15, 0.2) is 25.0 Å². The van der Waals surface area contributed by atoms with Crippen LogP contribution in [0.25, 0.3) is 0 Å². The monoisotopic (exact) mass is 200 g/mol. The molecular formula is C9H12O5. The first-order valence-electron chi connectivity index (χ1n) is 3.85. The van der Waals surface area contributed by atoms with Gasteiger partial charge < -0.3 is 14.9 Å². The number of carboxylic acid groups (broad SMARTS) is 1. The minimum absolute atomic E-state index is 0.363. The Hall–Kier alpha value is -1.62. The number of hydrogen-bond donors (Lipinski definition) is 2. The first kappa shape index (κ1) is 12.4. The molecule has 0 spiro atoms. The average molecular weight is 200 g/mol. The molecular weight excluding hydrogens is 188 g/mol. The van der Waals surface area contributed by atoms with Crippen molar-refractivity contribution in [1.82, 2.24) is 0 Å². The molecule has 5 heteroatoms. The van der Waals surface area contributed by atoms with Crippen molar-refractivity contribution in [2.75, 3.05) is 0 Å². The van der Waals surface area contributed by atoms with Gasteiger partial charge in [-0.1, -0.05) is 6.08 Å². The molecule has 0 saturated heterocycles. The van der Waals surface area contributed by atoms with Gasteiger partial charge in [0.15, 0.2) is 0 Å². The van der Waals surface area contributed by atoms with Gasteiger partial charge in [0.1, 0.15) is 0 Å². The zero-order valence-electron chi connectivity index (χ0n) is 7.71. The van der Waals surface area contributed by atoms with E-state index in [1.807, 2.05) is 0 Å². The number of rotatable bonds is 1. The highest BCUT2D eigenvalue weighted by atomic mass is 16.6. The predicted octanol–water partition coefficient (Wildman–Crippen LogP) is 0.311. The van der Waals surface area contributed by atoms with Crippen LogP contribution in [0.3, 0.4) is 0 Å². The van der Waals surface area contributed by atoms with Crippen molar-refractivity contribution in [3.05, 3.63) is 25.0 Å². The fourth-order valence-corrected chi connectivity index (χ4v) is 0.726. The van der Waals surface area contributed by atoms with Crippen molar-refractivity contribution < 1.29 is 24.5 Å². The number of carboxylic acids is 1. The highest BCUT2D eigenvalue weighted by Crippen LogP contribution is 2.11. The standard InChI is InChI=1S/C7H8O3.C2H4O2/c1-2-5-3-4-10-7(9)6(5)8;1-2(3)4/h2-5,7,9H,1H2;1H3,(H,3,4). The third kappa shape index (κ3) is 4.42. The molecule has 0 saturated carbocycles. The molecule has 0 amide bonds. The summed E-state index contributed by atoms with van der Waals surface area (Å²) in [6, 6.07) is 0. The van der Waals surface area contributed by atoms with E-state index in [9.17, 15) is 4.79 Å². The number of aliphatic hydroxyl groups excluding tert-OH is 1. The van der Waals surface area contributed by atoms with Crippen LogP contribution >= 0.6 is 0 Å². The number of Topliss-reactive ketones (excluding diaryl/α,β-unsaturated/α-hetero) is 1. The number of aliphatic hydroxyl groups is 1. The number of carbonyl (C=O) groups is 2. The molecule has 0 aliphatic carbocycles. The Morgan fingerprint density at radius 1 is 1.71 bits per heavy atom. The number of ether oxygens (including phenoxy) is 1. The summed E-state index contributed by atoms with van der Waals surface area (Å²) in [6.45, 7) is 4.51. The molecule has 1 heterocycles. The fraction of sp³-hybridized carbons (Fsp3) is 0.333. The predicted molar refractivity (Wildman–Crippen MR) is 48.2 cm³/mol. The molecule has 1 aliphatic heterocycles. The smallest absolute Gasteiger partial charge is 0.300 e. The van der Waals surface area contributed by atoms with Crippen molar-refractivity contribution in [3.8, 4) is 0 Å². The quantitative estimate of drug-likeness (QED) is 0.595. The van der Waals surface area contributed by atoms with Crippen LogP contribution in [-0.2, 0) is 14.3 Å². The number of carbonyl (C=O) groups excluding carboxylic acids is 1. The van der Waals surface area contributed by atoms with Crippen molar-refractivity contribution >= 4 is 11.8 Å². The molecule has 0 fully saturated rings. The third-order valence-corrected chi connectivity index (χ3v) is 1.32. The first-order chi connectivity index (χ1) is 6.49. The van der Waals surface area contributed by atoms with Crippen LogP contribution in [0.1, 0.15) is 6.92 Å². The van der Waals surface area contributed by atoms with Gasteiger partial charge in [-0.05, 0) is 6.08 Å². The Balaban J connectivity index is 0.000000364. The minimum atomic E-state index is -1.31. The Labute approximate surface area is 81.3 Å². The lowest BCUT2D eigenvalue weighted by atomic mass is 10.0. The van der Waals surface area contributed by atoms with Gasteiger partial charge in [0, 0.05) is 6.92 Å². The van der Waals surface area contributed by atoms with E-state index in [-0.39, 0.29) is 5.78 Å². The van der Waals surface area contributed by atoms with E-state index in [4.69, 9.17) is 15.0 Å². The molecule has 2 unspecified atom stereocenters. The molecule has 0 aromatic rings. The van der Waals surface area contributed by atoms with Crippen LogP contribution in [0.4, 0.5) is 0 Å². The van der Waals surface area contributed by atoms with Gasteiger partial charge in [0.25, 0.3) is 12.3 Å². The number of aliphatic carboxylic acids is 1. The highest BCUT2D eigenvalue weighted by Gasteiger charge is 2.24. The summed E-state index contributed by atoms with van der Waals surface area (Å²) in [6.07, 6.45) is 3.00. The molecule has 0 aromatic carbocycles. The van der Waals surface area contributed by atoms with Crippen molar-refractivity contribution in [2.24, 2.45) is 5.92 Å². The first-order valence-corrected chi connectivity index (χ1v) is 3.85. The van der Waals surface area contributed by atoms with Crippen LogP contribution in [0.5, 0.6) is 0 Å². The summed E-state index contributed by atoms with van der Waals surface area (Å²) in [7, 11) is 0. The summed E-state index contributed by atoms with van der Waals surface area (Å²) in [5.74, 6) is -1.60. The molecule has 2 N–H and O–H groups in total. The molecule has 0 aromatic heterocycles. The minimum Gasteiger partial charge on any atom is -0.481 e. The van der Waals surface area contributed by atoms with E-state index in [2.05, 4.69) is 11.3 Å². The maximum absolute atomic E-state index is 10.9. The summed E-state index contributed by atoms with van der Waals surface area (Å²) >= 11 is 0. The second kappa shape index (κ2) is 5.93. The van der Waals surface area contributed by atoms with Gasteiger partial charge in [0.2, 0.25) is 5.78 Å². The summed E-state index contributed by atoms with van der Waals surface area (Å²) < 4.78 is 4.50. The number of hydrogen-bond acceptors (Lipinski definition) is 4. The Morgan fingerprint density at radius 2 is 2.21 bits per heavy atom. The van der Waals surface area contributed by atoms with Crippen molar-refractivity contribution in [3.63, 3.8) is 0 Å². The average Bonchev–Trinajstić information content (AvgIpc) is 2.09. The molecule has 78 valence electrons. The Morgan fingerprint density at radius 3 is 2.57 bits per heavy atom. The molecule has 0 radical (unpaired) electrons. The summed E-state index contributed by atoms with van der Waals surface area (Å²) in [4.78, 5) is 19.9. The second-order valence-electron chi connectivity index (χ2n) is 2.50. The number of allylic oxidation sites excluding steroid dienone is 2. The summed E-state index contributed by atoms with van der Waals surface area (Å²) in [5, 5.41) is 16.2. The molecule has 1 aliphatic rings. The van der Waals surface area contributed by atoms with Gasteiger partial charge in [-0.2, -0.15) is 0 Å². The maximum Gasteiger partial charge on any atom is 0.300 e. The molecule has 2 atom stereocenters. The van der Waals surface area contributed by atoms with Gasteiger partial charge in [-0.25, -0.2) is 0 Å². The maximum atomic E-state index is 10.9. The van der Waals surface area contributed by atoms with Gasteiger partial charge in [-0.3, -0.25) is 9.59 Å². The van der Waals surface area contributed by atoms with E-state index < -0.39 is 18.2 Å². The SMILES string of the molecule is C=CC1C=COC(O)C1=O.CC(=O)O. The van der Waals surface area contributed by atoms with E-state index in [0.29, 0.717) is 0 Å². The topological polar surface area (TPSA) is 83.8 Å². The number of ketones is 1. The third-order valence-electron chi connectivity index (χ3n) is 1.32. The van der Waals surface area contributed by atoms with Crippen LogP contribution in [-0.4, -0.2) is 28.3 Å². The van der Waals surface area contributed by atoms with Crippen molar-refractivity contribution in [1.29, 1.82) is 0 Å². The fourth-order valence-electron chi connectivity index (χ4n) is 0.726. The van der Waals surface area contributed by atoms with E-state index in [1.165, 1.54) is 12.3 Å². The van der Waals surface area contributed by atoms with Gasteiger partial charge in [-0.15, -0.1) is 6.58 Å². The molecule has 5 nitrogen and oxygen atoms in total. The lowest BCUT2D eigenvalue weighted by Crippen LogP contribution is -2.30. The highest BCUT2D eigenvalue weighted by molar-refractivity contribution is 5.87. The second-order valence-corrected chi connectivity index (χ2v) is 2.50. The lowest BCUT2D eigenvalue weighted by molar-refractivity contribution is -0.150. The van der Waals surface area contributed by atoms with Gasteiger partial charge >= 0.3 is 0 Å². The zero-order valence-corrected chi connectivity index (χ0v) is 7.71. The summed E-state index contributed by atoms with van der Waals surface area (Å²) in [5.41, 5.74) is 0. The lowest BCUT2D eigenvalue weighted by Gasteiger charge is -2.16. The van der Waals surface area contributed by atoms with Crippen LogP contribution in [0, 0.1) is 5.92 Å². The zero-order chi connectivity index (χ0) is 11.1. The van der Waals surface area contributed by atoms with E-state index in [0.717, 1.165) is 6.92 Å². The Bertz CT molecular complexity index is 252. The Kier molecular flexibility index (Phi) is 5.24. The van der Waals surface area contributed by atoms with Crippen LogP contribution in [0.2, 0.25) is 0 Å². The largest absolute Gasteiger partial charge is 0.481 e.